The lowest BCUT2D eigenvalue weighted by Crippen LogP contribution is -2.35. The van der Waals surface area contributed by atoms with E-state index < -0.39 is 0 Å². The van der Waals surface area contributed by atoms with Crippen LogP contribution in [-0.2, 0) is 0 Å². The van der Waals surface area contributed by atoms with E-state index in [0.717, 1.165) is 24.8 Å². The predicted molar refractivity (Wildman–Crippen MR) is 84.8 cm³/mol. The number of ether oxygens (including phenoxy) is 1. The number of fused-ring (bicyclic) bond motifs is 1. The van der Waals surface area contributed by atoms with Crippen LogP contribution in [0.4, 0.5) is 0 Å². The van der Waals surface area contributed by atoms with Gasteiger partial charge in [-0.3, -0.25) is 4.90 Å². The summed E-state index contributed by atoms with van der Waals surface area (Å²) in [7, 11) is 0. The Morgan fingerprint density at radius 1 is 1.19 bits per heavy atom. The van der Waals surface area contributed by atoms with E-state index in [9.17, 15) is 0 Å². The van der Waals surface area contributed by atoms with Crippen molar-refractivity contribution in [2.75, 3.05) is 19.7 Å². The zero-order valence-electron chi connectivity index (χ0n) is 13.0. The molecule has 0 bridgehead atoms. The smallest absolute Gasteiger partial charge is 0.126 e. The van der Waals surface area contributed by atoms with Crippen LogP contribution in [0.15, 0.2) is 18.2 Å². The monoisotopic (exact) mass is 286 g/mol. The van der Waals surface area contributed by atoms with E-state index in [1.807, 2.05) is 0 Å². The molecule has 4 rings (SSSR count). The SMILES string of the molecule is Cc1cccc2c1OCCCC2NC1CCN(C2CC2)C1. The maximum absolute atomic E-state index is 5.99. The first-order valence-electron chi connectivity index (χ1n) is 8.53. The lowest BCUT2D eigenvalue weighted by molar-refractivity contribution is 0.305. The summed E-state index contributed by atoms with van der Waals surface area (Å²) in [5.41, 5.74) is 2.64. The summed E-state index contributed by atoms with van der Waals surface area (Å²) in [6, 6.07) is 8.60. The molecule has 0 aromatic heterocycles. The summed E-state index contributed by atoms with van der Waals surface area (Å²) in [5.74, 6) is 1.13. The average Bonchev–Trinajstić information content (AvgIpc) is 3.26. The topological polar surface area (TPSA) is 24.5 Å². The molecule has 1 saturated heterocycles. The van der Waals surface area contributed by atoms with Crippen molar-refractivity contribution >= 4 is 0 Å². The highest BCUT2D eigenvalue weighted by atomic mass is 16.5. The van der Waals surface area contributed by atoms with Gasteiger partial charge in [0.05, 0.1) is 6.61 Å². The molecule has 1 saturated carbocycles. The standard InChI is InChI=1S/C18H26N2O/c1-13-4-2-5-16-17(6-3-11-21-18(13)16)19-14-9-10-20(12-14)15-7-8-15/h2,4-5,14-15,17,19H,3,6-12H2,1H3. The number of likely N-dealkylation sites (tertiary alicyclic amines) is 1. The zero-order chi connectivity index (χ0) is 14.2. The fourth-order valence-electron chi connectivity index (χ4n) is 3.92. The van der Waals surface area contributed by atoms with E-state index in [-0.39, 0.29) is 0 Å². The Hall–Kier alpha value is -1.06. The zero-order valence-corrected chi connectivity index (χ0v) is 13.0. The Morgan fingerprint density at radius 2 is 2.10 bits per heavy atom. The third-order valence-electron chi connectivity index (χ3n) is 5.22. The molecular weight excluding hydrogens is 260 g/mol. The van der Waals surface area contributed by atoms with Gasteiger partial charge in [0, 0.05) is 36.8 Å². The second-order valence-corrected chi connectivity index (χ2v) is 6.91. The van der Waals surface area contributed by atoms with Gasteiger partial charge in [-0.2, -0.15) is 0 Å². The molecule has 21 heavy (non-hydrogen) atoms. The lowest BCUT2D eigenvalue weighted by atomic mass is 9.99. The molecular formula is C18H26N2O. The second-order valence-electron chi connectivity index (χ2n) is 6.91. The number of aryl methyl sites for hydroxylation is 1. The highest BCUT2D eigenvalue weighted by Gasteiger charge is 2.35. The van der Waals surface area contributed by atoms with Crippen LogP contribution in [0.25, 0.3) is 0 Å². The Balaban J connectivity index is 1.49. The molecule has 2 heterocycles. The van der Waals surface area contributed by atoms with Gasteiger partial charge in [0.1, 0.15) is 5.75 Å². The molecule has 114 valence electrons. The number of rotatable bonds is 3. The molecule has 2 atom stereocenters. The van der Waals surface area contributed by atoms with Gasteiger partial charge in [0.25, 0.3) is 0 Å². The van der Waals surface area contributed by atoms with Crippen LogP contribution in [-0.4, -0.2) is 36.7 Å². The Morgan fingerprint density at radius 3 is 2.95 bits per heavy atom. The molecule has 0 radical (unpaired) electrons. The van der Waals surface area contributed by atoms with E-state index in [1.165, 1.54) is 49.9 Å². The molecule has 2 aliphatic heterocycles. The summed E-state index contributed by atoms with van der Waals surface area (Å²) in [5, 5.41) is 3.93. The van der Waals surface area contributed by atoms with Gasteiger partial charge in [-0.15, -0.1) is 0 Å². The highest BCUT2D eigenvalue weighted by molar-refractivity contribution is 5.43. The van der Waals surface area contributed by atoms with Gasteiger partial charge in [-0.05, 0) is 44.6 Å². The van der Waals surface area contributed by atoms with Crippen molar-refractivity contribution in [3.05, 3.63) is 29.3 Å². The number of nitrogens with zero attached hydrogens (tertiary/aromatic N) is 1. The van der Waals surface area contributed by atoms with Gasteiger partial charge in [-0.25, -0.2) is 0 Å². The maximum Gasteiger partial charge on any atom is 0.126 e. The molecule has 0 amide bonds. The van der Waals surface area contributed by atoms with Crippen LogP contribution in [0.3, 0.4) is 0 Å². The van der Waals surface area contributed by atoms with E-state index in [2.05, 4.69) is 35.3 Å². The molecule has 3 aliphatic rings. The van der Waals surface area contributed by atoms with Crippen LogP contribution < -0.4 is 10.1 Å². The van der Waals surface area contributed by atoms with Gasteiger partial charge in [-0.1, -0.05) is 18.2 Å². The molecule has 3 heteroatoms. The summed E-state index contributed by atoms with van der Waals surface area (Å²) < 4.78 is 5.99. The minimum absolute atomic E-state index is 0.464. The number of nitrogens with one attached hydrogen (secondary N) is 1. The highest BCUT2D eigenvalue weighted by Crippen LogP contribution is 2.35. The molecule has 1 aliphatic carbocycles. The predicted octanol–water partition coefficient (Wildman–Crippen LogP) is 3.04. The summed E-state index contributed by atoms with van der Waals surface area (Å²) in [4.78, 5) is 2.68. The second kappa shape index (κ2) is 5.62. The Bertz CT molecular complexity index is 512. The third kappa shape index (κ3) is 2.82. The largest absolute Gasteiger partial charge is 0.493 e. The summed E-state index contributed by atoms with van der Waals surface area (Å²) in [6.07, 6.45) is 6.48. The van der Waals surface area contributed by atoms with Crippen molar-refractivity contribution < 1.29 is 4.74 Å². The third-order valence-corrected chi connectivity index (χ3v) is 5.22. The first-order valence-corrected chi connectivity index (χ1v) is 8.53. The van der Waals surface area contributed by atoms with Crippen LogP contribution in [0.1, 0.15) is 49.3 Å². The van der Waals surface area contributed by atoms with Crippen LogP contribution >= 0.6 is 0 Å². The van der Waals surface area contributed by atoms with E-state index in [1.54, 1.807) is 0 Å². The normalized spacial score (nSPS) is 29.8. The number of para-hydroxylation sites is 1. The van der Waals surface area contributed by atoms with Crippen molar-refractivity contribution in [1.29, 1.82) is 0 Å². The quantitative estimate of drug-likeness (QED) is 0.924. The summed E-state index contributed by atoms with van der Waals surface area (Å²) >= 11 is 0. The molecule has 2 fully saturated rings. The van der Waals surface area contributed by atoms with E-state index in [4.69, 9.17) is 4.74 Å². The first-order chi connectivity index (χ1) is 10.3. The van der Waals surface area contributed by atoms with Gasteiger partial charge >= 0.3 is 0 Å². The minimum Gasteiger partial charge on any atom is -0.493 e. The van der Waals surface area contributed by atoms with Crippen molar-refractivity contribution in [2.45, 2.75) is 57.2 Å². The van der Waals surface area contributed by atoms with E-state index >= 15 is 0 Å². The average molecular weight is 286 g/mol. The molecule has 1 aromatic carbocycles. The molecule has 3 nitrogen and oxygen atoms in total. The van der Waals surface area contributed by atoms with Gasteiger partial charge in [0.15, 0.2) is 0 Å². The van der Waals surface area contributed by atoms with Crippen molar-refractivity contribution in [1.82, 2.24) is 10.2 Å². The first kappa shape index (κ1) is 13.6. The van der Waals surface area contributed by atoms with Crippen LogP contribution in [0, 0.1) is 6.92 Å². The van der Waals surface area contributed by atoms with E-state index in [0.29, 0.717) is 12.1 Å². The molecule has 0 spiro atoms. The molecule has 2 unspecified atom stereocenters. The fraction of sp³-hybridized carbons (Fsp3) is 0.667. The minimum atomic E-state index is 0.464. The fourth-order valence-corrected chi connectivity index (χ4v) is 3.92. The molecule has 1 aromatic rings. The Labute approximate surface area is 127 Å². The van der Waals surface area contributed by atoms with Gasteiger partial charge < -0.3 is 10.1 Å². The van der Waals surface area contributed by atoms with Crippen molar-refractivity contribution in [3.8, 4) is 5.75 Å². The number of hydrogen-bond donors (Lipinski definition) is 1. The van der Waals surface area contributed by atoms with Crippen molar-refractivity contribution in [3.63, 3.8) is 0 Å². The van der Waals surface area contributed by atoms with Crippen LogP contribution in [0.5, 0.6) is 5.75 Å². The lowest BCUT2D eigenvalue weighted by Gasteiger charge is -2.24. The van der Waals surface area contributed by atoms with Crippen molar-refractivity contribution in [2.24, 2.45) is 0 Å². The maximum atomic E-state index is 5.99. The summed E-state index contributed by atoms with van der Waals surface area (Å²) in [6.45, 7) is 5.54. The number of hydrogen-bond acceptors (Lipinski definition) is 3. The number of benzene rings is 1. The van der Waals surface area contributed by atoms with Crippen LogP contribution in [0.2, 0.25) is 0 Å². The van der Waals surface area contributed by atoms with Gasteiger partial charge in [0.2, 0.25) is 0 Å². The molecule has 1 N–H and O–H groups in total. The Kier molecular flexibility index (Phi) is 3.64.